The summed E-state index contributed by atoms with van der Waals surface area (Å²) in [5, 5.41) is 10.8. The third kappa shape index (κ3) is 6.86. The molecule has 0 saturated carbocycles. The summed E-state index contributed by atoms with van der Waals surface area (Å²) in [5.41, 5.74) is 10.5. The van der Waals surface area contributed by atoms with Crippen molar-refractivity contribution in [1.82, 2.24) is 15.2 Å². The van der Waals surface area contributed by atoms with Crippen molar-refractivity contribution in [2.75, 3.05) is 31.5 Å². The molecular formula is C24H32N5O3P. The Morgan fingerprint density at radius 3 is 2.52 bits per heavy atom. The first kappa shape index (κ1) is 26.0. The molecule has 1 aromatic carbocycles. The standard InChI is InChI=1S/C20H24N5O2P.C4H8O/c1-5-17(26)13-11-22-18(21)9-15(13)23-14-8-6-7-12(20(14)27-2)16-10-19(25-24-16)28(3)4;1-4(2)3-5/h6-11H,5H2,1-4H3,(H,24,25)(H3,21,22,23);3-4H,1-2H3. The van der Waals surface area contributed by atoms with Crippen LogP contribution >= 0.6 is 7.92 Å². The number of anilines is 3. The largest absolute Gasteiger partial charge is 0.494 e. The molecule has 0 atom stereocenters. The van der Waals surface area contributed by atoms with E-state index >= 15 is 0 Å². The second-order valence-electron chi connectivity index (χ2n) is 7.86. The number of nitrogens with two attached hydrogens (primary N) is 1. The fourth-order valence-electron chi connectivity index (χ4n) is 2.88. The number of Topliss-reactive ketones (excluding diaryl/α,β-unsaturated/α-hetero) is 1. The van der Waals surface area contributed by atoms with Gasteiger partial charge in [0.2, 0.25) is 0 Å². The number of pyridine rings is 1. The van der Waals surface area contributed by atoms with Crippen molar-refractivity contribution in [2.24, 2.45) is 5.92 Å². The molecule has 0 fully saturated rings. The number of ether oxygens (including phenoxy) is 1. The third-order valence-corrected chi connectivity index (χ3v) is 5.77. The minimum Gasteiger partial charge on any atom is -0.494 e. The van der Waals surface area contributed by atoms with Gasteiger partial charge in [-0.2, -0.15) is 5.10 Å². The number of rotatable bonds is 8. The van der Waals surface area contributed by atoms with Gasteiger partial charge >= 0.3 is 0 Å². The van der Waals surface area contributed by atoms with E-state index in [1.807, 2.05) is 45.0 Å². The fourth-order valence-corrected chi connectivity index (χ4v) is 3.52. The Morgan fingerprint density at radius 1 is 1.27 bits per heavy atom. The third-order valence-electron chi connectivity index (χ3n) is 4.62. The predicted molar refractivity (Wildman–Crippen MR) is 136 cm³/mol. The molecule has 0 amide bonds. The Bertz CT molecular complexity index is 1100. The molecular weight excluding hydrogens is 437 g/mol. The Kier molecular flexibility index (Phi) is 9.55. The molecule has 0 aliphatic rings. The highest BCUT2D eigenvalue weighted by atomic mass is 31.1. The Balaban J connectivity index is 0.000000696. The molecule has 8 nitrogen and oxygen atoms in total. The molecule has 0 unspecified atom stereocenters. The molecule has 176 valence electrons. The number of ketones is 1. The van der Waals surface area contributed by atoms with E-state index in [2.05, 4.69) is 33.8 Å². The lowest BCUT2D eigenvalue weighted by molar-refractivity contribution is -0.110. The Morgan fingerprint density at radius 2 is 1.97 bits per heavy atom. The lowest BCUT2D eigenvalue weighted by Gasteiger charge is -2.16. The van der Waals surface area contributed by atoms with Gasteiger partial charge in [0, 0.05) is 30.2 Å². The topological polar surface area (TPSA) is 123 Å². The maximum atomic E-state index is 12.3. The summed E-state index contributed by atoms with van der Waals surface area (Å²) in [6.45, 7) is 9.84. The number of nitrogen functional groups attached to an aromatic ring is 1. The average molecular weight is 470 g/mol. The average Bonchev–Trinajstić information content (AvgIpc) is 3.29. The summed E-state index contributed by atoms with van der Waals surface area (Å²) in [5.74, 6) is 1.18. The van der Waals surface area contributed by atoms with E-state index in [1.54, 1.807) is 13.2 Å². The van der Waals surface area contributed by atoms with Crippen LogP contribution in [-0.2, 0) is 4.79 Å². The molecule has 0 radical (unpaired) electrons. The monoisotopic (exact) mass is 469 g/mol. The molecule has 0 aliphatic carbocycles. The number of hydrogen-bond donors (Lipinski definition) is 3. The van der Waals surface area contributed by atoms with E-state index in [0.717, 1.165) is 28.7 Å². The number of para-hydroxylation sites is 1. The highest BCUT2D eigenvalue weighted by molar-refractivity contribution is 7.63. The zero-order valence-electron chi connectivity index (χ0n) is 20.0. The van der Waals surface area contributed by atoms with E-state index in [0.29, 0.717) is 29.2 Å². The van der Waals surface area contributed by atoms with Crippen molar-refractivity contribution < 1.29 is 14.3 Å². The number of nitrogens with zero attached hydrogens (tertiary/aromatic N) is 2. The number of aldehydes is 1. The number of aromatic nitrogens is 3. The van der Waals surface area contributed by atoms with Gasteiger partial charge in [-0.05, 0) is 31.5 Å². The van der Waals surface area contributed by atoms with Crippen LogP contribution in [0.1, 0.15) is 37.6 Å². The first-order valence-electron chi connectivity index (χ1n) is 10.6. The van der Waals surface area contributed by atoms with Gasteiger partial charge < -0.3 is 20.6 Å². The highest BCUT2D eigenvalue weighted by Crippen LogP contribution is 2.38. The lowest BCUT2D eigenvalue weighted by atomic mass is 10.1. The molecule has 2 heterocycles. The maximum absolute atomic E-state index is 12.3. The van der Waals surface area contributed by atoms with Crippen molar-refractivity contribution in [1.29, 1.82) is 0 Å². The lowest BCUT2D eigenvalue weighted by Crippen LogP contribution is -2.06. The number of hydrogen-bond acceptors (Lipinski definition) is 7. The highest BCUT2D eigenvalue weighted by Gasteiger charge is 2.17. The second-order valence-corrected chi connectivity index (χ2v) is 10.1. The van der Waals surface area contributed by atoms with Crippen LogP contribution in [0.3, 0.4) is 0 Å². The van der Waals surface area contributed by atoms with Gasteiger partial charge in [-0.1, -0.05) is 34.8 Å². The molecule has 3 rings (SSSR count). The van der Waals surface area contributed by atoms with Crippen LogP contribution < -0.4 is 21.2 Å². The zero-order chi connectivity index (χ0) is 24.5. The number of carbonyl (C=O) groups excluding carboxylic acids is 2. The molecule has 4 N–H and O–H groups in total. The quantitative estimate of drug-likeness (QED) is 0.250. The number of aromatic amines is 1. The van der Waals surface area contributed by atoms with Gasteiger partial charge in [0.1, 0.15) is 12.1 Å². The predicted octanol–water partition coefficient (Wildman–Crippen LogP) is 4.61. The Labute approximate surface area is 196 Å². The summed E-state index contributed by atoms with van der Waals surface area (Å²) in [7, 11) is 1.32. The van der Waals surface area contributed by atoms with E-state index in [-0.39, 0.29) is 19.6 Å². The maximum Gasteiger partial charge on any atom is 0.166 e. The normalized spacial score (nSPS) is 10.5. The zero-order valence-corrected chi connectivity index (χ0v) is 20.9. The van der Waals surface area contributed by atoms with Crippen LogP contribution in [0.4, 0.5) is 17.2 Å². The van der Waals surface area contributed by atoms with Gasteiger partial charge in [-0.3, -0.25) is 9.89 Å². The molecule has 33 heavy (non-hydrogen) atoms. The molecule has 9 heteroatoms. The van der Waals surface area contributed by atoms with E-state index in [1.165, 1.54) is 6.20 Å². The van der Waals surface area contributed by atoms with Crippen LogP contribution in [0.5, 0.6) is 5.75 Å². The summed E-state index contributed by atoms with van der Waals surface area (Å²) in [6.07, 6.45) is 2.80. The summed E-state index contributed by atoms with van der Waals surface area (Å²) < 4.78 is 5.69. The fraction of sp³-hybridized carbons (Fsp3) is 0.333. The smallest absolute Gasteiger partial charge is 0.166 e. The van der Waals surface area contributed by atoms with Crippen LogP contribution in [0.25, 0.3) is 11.3 Å². The number of H-pyrrole nitrogens is 1. The van der Waals surface area contributed by atoms with Crippen molar-refractivity contribution in [2.45, 2.75) is 27.2 Å². The number of benzene rings is 1. The van der Waals surface area contributed by atoms with Crippen molar-refractivity contribution in [3.63, 3.8) is 0 Å². The first-order valence-corrected chi connectivity index (χ1v) is 12.9. The van der Waals surface area contributed by atoms with Crippen LogP contribution in [0.2, 0.25) is 0 Å². The van der Waals surface area contributed by atoms with E-state index in [4.69, 9.17) is 10.5 Å². The SMILES string of the molecule is CC(C)C=O.CCC(=O)c1cnc(N)cc1Nc1cccc(-c2cc(P(C)C)n[nH]2)c1OC. The van der Waals surface area contributed by atoms with Crippen molar-refractivity contribution >= 4 is 42.6 Å². The molecule has 0 bridgehead atoms. The molecule has 0 spiro atoms. The summed E-state index contributed by atoms with van der Waals surface area (Å²) in [6, 6.07) is 9.48. The molecule has 0 aliphatic heterocycles. The van der Waals surface area contributed by atoms with Gasteiger partial charge in [0.05, 0.1) is 35.2 Å². The first-order chi connectivity index (χ1) is 15.7. The summed E-state index contributed by atoms with van der Waals surface area (Å²) >= 11 is 0. The van der Waals surface area contributed by atoms with Gasteiger partial charge in [0.15, 0.2) is 11.5 Å². The van der Waals surface area contributed by atoms with Crippen LogP contribution in [0.15, 0.2) is 36.5 Å². The molecule has 2 aromatic heterocycles. The van der Waals surface area contributed by atoms with Crippen molar-refractivity contribution in [3.8, 4) is 17.0 Å². The van der Waals surface area contributed by atoms with Gasteiger partial charge in [0.25, 0.3) is 0 Å². The molecule has 0 saturated heterocycles. The number of carbonyl (C=O) groups is 2. The number of methoxy groups -OCH3 is 1. The second kappa shape index (κ2) is 12.1. The summed E-state index contributed by atoms with van der Waals surface area (Å²) in [4.78, 5) is 25.8. The van der Waals surface area contributed by atoms with E-state index in [9.17, 15) is 9.59 Å². The number of nitrogens with one attached hydrogen (secondary N) is 2. The van der Waals surface area contributed by atoms with Crippen LogP contribution in [-0.4, -0.2) is 47.7 Å². The minimum absolute atomic E-state index is 0.0115. The van der Waals surface area contributed by atoms with Gasteiger partial charge in [-0.15, -0.1) is 0 Å². The van der Waals surface area contributed by atoms with Crippen molar-refractivity contribution in [3.05, 3.63) is 42.1 Å². The van der Waals surface area contributed by atoms with Crippen LogP contribution in [0, 0.1) is 5.92 Å². The van der Waals surface area contributed by atoms with Gasteiger partial charge in [-0.25, -0.2) is 4.98 Å². The molecule has 3 aromatic rings. The minimum atomic E-state index is -0.301. The Hall–Kier alpha value is -3.25. The van der Waals surface area contributed by atoms with E-state index < -0.39 is 0 Å².